The van der Waals surface area contributed by atoms with Crippen LogP contribution >= 0.6 is 0 Å². The maximum Gasteiger partial charge on any atom is 0.251 e. The largest absolute Gasteiger partial charge is 0.376 e. The minimum absolute atomic E-state index is 0.0358. The fourth-order valence-corrected chi connectivity index (χ4v) is 4.02. The molecule has 0 spiro atoms. The van der Waals surface area contributed by atoms with E-state index in [1.165, 1.54) is 12.1 Å². The van der Waals surface area contributed by atoms with Crippen LogP contribution in [-0.2, 0) is 21.3 Å². The van der Waals surface area contributed by atoms with Crippen molar-refractivity contribution in [3.63, 3.8) is 0 Å². The maximum atomic E-state index is 12.6. The Hall–Kier alpha value is -2.22. The molecule has 2 N–H and O–H groups in total. The summed E-state index contributed by atoms with van der Waals surface area (Å²) in [4.78, 5) is 12.6. The van der Waals surface area contributed by atoms with E-state index < -0.39 is 10.0 Å². The summed E-state index contributed by atoms with van der Waals surface area (Å²) in [6, 6.07) is 13.9. The first-order valence-electron chi connectivity index (χ1n) is 9.00. The SMILES string of the molecule is Cc1ccc(S(=O)(=O)NCc2ccccc2)cc1C(=O)NC[C@H]1CCCO1. The molecule has 1 amide bonds. The Morgan fingerprint density at radius 2 is 1.96 bits per heavy atom. The van der Waals surface area contributed by atoms with Gasteiger partial charge >= 0.3 is 0 Å². The first kappa shape index (κ1) is 19.5. The number of aryl methyl sites for hydroxylation is 1. The van der Waals surface area contributed by atoms with Gasteiger partial charge < -0.3 is 10.1 Å². The van der Waals surface area contributed by atoms with E-state index >= 15 is 0 Å². The Balaban J connectivity index is 1.70. The molecule has 6 nitrogen and oxygen atoms in total. The first-order chi connectivity index (χ1) is 13.0. The van der Waals surface area contributed by atoms with Crippen LogP contribution in [0.2, 0.25) is 0 Å². The number of hydrogen-bond donors (Lipinski definition) is 2. The van der Waals surface area contributed by atoms with Gasteiger partial charge in [0.15, 0.2) is 0 Å². The van der Waals surface area contributed by atoms with Crippen LogP contribution in [0.15, 0.2) is 53.4 Å². The van der Waals surface area contributed by atoms with Crippen molar-refractivity contribution in [3.8, 4) is 0 Å². The average molecular weight is 388 g/mol. The predicted octanol–water partition coefficient (Wildman–Crippen LogP) is 2.38. The summed E-state index contributed by atoms with van der Waals surface area (Å²) >= 11 is 0. The number of benzene rings is 2. The summed E-state index contributed by atoms with van der Waals surface area (Å²) in [5.41, 5.74) is 1.94. The van der Waals surface area contributed by atoms with Gasteiger partial charge in [-0.15, -0.1) is 0 Å². The average Bonchev–Trinajstić information content (AvgIpc) is 3.19. The minimum atomic E-state index is -3.72. The second-order valence-electron chi connectivity index (χ2n) is 6.63. The topological polar surface area (TPSA) is 84.5 Å². The molecule has 1 atom stereocenters. The molecule has 2 aromatic rings. The van der Waals surface area contributed by atoms with Crippen molar-refractivity contribution >= 4 is 15.9 Å². The zero-order chi connectivity index (χ0) is 19.3. The summed E-state index contributed by atoms with van der Waals surface area (Å²) in [7, 11) is -3.72. The Morgan fingerprint density at radius 1 is 1.19 bits per heavy atom. The van der Waals surface area contributed by atoms with Crippen LogP contribution in [0.25, 0.3) is 0 Å². The lowest BCUT2D eigenvalue weighted by Gasteiger charge is -2.13. The van der Waals surface area contributed by atoms with Crippen molar-refractivity contribution in [2.45, 2.75) is 37.3 Å². The second-order valence-corrected chi connectivity index (χ2v) is 8.40. The summed E-state index contributed by atoms with van der Waals surface area (Å²) in [5.74, 6) is -0.289. The highest BCUT2D eigenvalue weighted by atomic mass is 32.2. The zero-order valence-corrected chi connectivity index (χ0v) is 16.1. The van der Waals surface area contributed by atoms with Gasteiger partial charge in [-0.25, -0.2) is 13.1 Å². The molecule has 0 aromatic heterocycles. The normalized spacial score (nSPS) is 17.0. The van der Waals surface area contributed by atoms with Gasteiger partial charge in [-0.3, -0.25) is 4.79 Å². The molecule has 1 saturated heterocycles. The van der Waals surface area contributed by atoms with Crippen molar-refractivity contribution in [2.24, 2.45) is 0 Å². The highest BCUT2D eigenvalue weighted by Crippen LogP contribution is 2.17. The van der Waals surface area contributed by atoms with Crippen molar-refractivity contribution in [3.05, 3.63) is 65.2 Å². The molecule has 1 heterocycles. The molecule has 0 aliphatic carbocycles. The van der Waals surface area contributed by atoms with Gasteiger partial charge in [-0.1, -0.05) is 36.4 Å². The molecular formula is C20H24N2O4S. The molecule has 1 aliphatic rings. The number of hydrogen-bond acceptors (Lipinski definition) is 4. The van der Waals surface area contributed by atoms with Gasteiger partial charge in [0.2, 0.25) is 10.0 Å². The lowest BCUT2D eigenvalue weighted by atomic mass is 10.1. The molecule has 144 valence electrons. The number of nitrogens with one attached hydrogen (secondary N) is 2. The molecule has 7 heteroatoms. The summed E-state index contributed by atoms with van der Waals surface area (Å²) in [5, 5.41) is 2.84. The van der Waals surface area contributed by atoms with Gasteiger partial charge in [0.05, 0.1) is 11.0 Å². The van der Waals surface area contributed by atoms with Gasteiger partial charge in [-0.2, -0.15) is 0 Å². The van der Waals surface area contributed by atoms with Crippen LogP contribution in [0.1, 0.15) is 34.3 Å². The van der Waals surface area contributed by atoms with Crippen LogP contribution < -0.4 is 10.0 Å². The van der Waals surface area contributed by atoms with Crippen molar-refractivity contribution in [1.82, 2.24) is 10.0 Å². The van der Waals surface area contributed by atoms with E-state index in [4.69, 9.17) is 4.74 Å². The summed E-state index contributed by atoms with van der Waals surface area (Å²) in [6.07, 6.45) is 1.96. The van der Waals surface area contributed by atoms with Crippen LogP contribution in [0.4, 0.5) is 0 Å². The number of sulfonamides is 1. The van der Waals surface area contributed by atoms with E-state index in [2.05, 4.69) is 10.0 Å². The first-order valence-corrected chi connectivity index (χ1v) is 10.5. The Bertz CT molecular complexity index is 891. The van der Waals surface area contributed by atoms with Crippen molar-refractivity contribution in [2.75, 3.05) is 13.2 Å². The molecule has 0 saturated carbocycles. The number of amides is 1. The third-order valence-corrected chi connectivity index (χ3v) is 5.99. The molecule has 0 bridgehead atoms. The molecule has 27 heavy (non-hydrogen) atoms. The monoisotopic (exact) mass is 388 g/mol. The number of carbonyl (C=O) groups is 1. The third-order valence-electron chi connectivity index (χ3n) is 4.59. The lowest BCUT2D eigenvalue weighted by molar-refractivity contribution is 0.0857. The smallest absolute Gasteiger partial charge is 0.251 e. The zero-order valence-electron chi connectivity index (χ0n) is 15.3. The Labute approximate surface area is 160 Å². The fraction of sp³-hybridized carbons (Fsp3) is 0.350. The molecule has 0 unspecified atom stereocenters. The van der Waals surface area contributed by atoms with Crippen LogP contribution in [0.5, 0.6) is 0 Å². The highest BCUT2D eigenvalue weighted by molar-refractivity contribution is 7.89. The molecule has 2 aromatic carbocycles. The molecule has 0 radical (unpaired) electrons. The molecule has 1 fully saturated rings. The predicted molar refractivity (Wildman–Crippen MR) is 103 cm³/mol. The highest BCUT2D eigenvalue weighted by Gasteiger charge is 2.20. The van der Waals surface area contributed by atoms with Crippen LogP contribution in [0.3, 0.4) is 0 Å². The van der Waals surface area contributed by atoms with E-state index in [1.807, 2.05) is 30.3 Å². The van der Waals surface area contributed by atoms with Crippen molar-refractivity contribution in [1.29, 1.82) is 0 Å². The van der Waals surface area contributed by atoms with E-state index in [1.54, 1.807) is 13.0 Å². The van der Waals surface area contributed by atoms with Gasteiger partial charge in [0.1, 0.15) is 0 Å². The van der Waals surface area contributed by atoms with E-state index in [0.717, 1.165) is 30.6 Å². The standard InChI is InChI=1S/C20H24N2O4S/c1-15-9-10-18(27(24,25)22-13-16-6-3-2-4-7-16)12-19(15)20(23)21-14-17-8-5-11-26-17/h2-4,6-7,9-10,12,17,22H,5,8,11,13-14H2,1H3,(H,21,23)/t17-/m1/s1. The number of ether oxygens (including phenoxy) is 1. The van der Waals surface area contributed by atoms with Crippen LogP contribution in [-0.4, -0.2) is 33.6 Å². The number of carbonyl (C=O) groups excluding carboxylic acids is 1. The fourth-order valence-electron chi connectivity index (χ4n) is 2.98. The molecule has 1 aliphatic heterocycles. The van der Waals surface area contributed by atoms with Crippen molar-refractivity contribution < 1.29 is 17.9 Å². The van der Waals surface area contributed by atoms with Gasteiger partial charge in [-0.05, 0) is 43.0 Å². The van der Waals surface area contributed by atoms with Crippen LogP contribution in [0, 0.1) is 6.92 Å². The number of rotatable bonds is 7. The minimum Gasteiger partial charge on any atom is -0.376 e. The van der Waals surface area contributed by atoms with E-state index in [0.29, 0.717) is 12.1 Å². The summed E-state index contributed by atoms with van der Waals surface area (Å²) in [6.45, 7) is 3.13. The maximum absolute atomic E-state index is 12.6. The van der Waals surface area contributed by atoms with E-state index in [-0.39, 0.29) is 23.5 Å². The Morgan fingerprint density at radius 3 is 2.67 bits per heavy atom. The molecular weight excluding hydrogens is 364 g/mol. The van der Waals surface area contributed by atoms with E-state index in [9.17, 15) is 13.2 Å². The third kappa shape index (κ3) is 5.15. The molecule has 3 rings (SSSR count). The Kier molecular flexibility index (Phi) is 6.26. The lowest BCUT2D eigenvalue weighted by Crippen LogP contribution is -2.32. The van der Waals surface area contributed by atoms with Gasteiger partial charge in [0.25, 0.3) is 5.91 Å². The summed E-state index contributed by atoms with van der Waals surface area (Å²) < 4.78 is 33.3. The van der Waals surface area contributed by atoms with Gasteiger partial charge in [0, 0.05) is 25.3 Å². The second kappa shape index (κ2) is 8.65. The quantitative estimate of drug-likeness (QED) is 0.763.